The van der Waals surface area contributed by atoms with Crippen molar-refractivity contribution in [1.82, 2.24) is 0 Å². The van der Waals surface area contributed by atoms with Gasteiger partial charge in [-0.05, 0) is 22.0 Å². The molecule has 2 N–H and O–H groups in total. The number of carbonyl (C=O) groups is 2. The van der Waals surface area contributed by atoms with Crippen LogP contribution >= 0.6 is 15.9 Å². The smallest absolute Gasteiger partial charge is 0.304 e. The summed E-state index contributed by atoms with van der Waals surface area (Å²) in [6, 6.07) is 2.94. The van der Waals surface area contributed by atoms with Crippen LogP contribution < -0.4 is 15.4 Å². The summed E-state index contributed by atoms with van der Waals surface area (Å²) < 4.78 is 10.4. The van der Waals surface area contributed by atoms with Crippen LogP contribution in [-0.2, 0) is 14.3 Å². The first-order valence-corrected chi connectivity index (χ1v) is 10.7. The molecule has 0 aromatic heterocycles. The second kappa shape index (κ2) is 12.4. The van der Waals surface area contributed by atoms with Gasteiger partial charge in [-0.25, -0.2) is 0 Å². The van der Waals surface area contributed by atoms with Gasteiger partial charge in [-0.3, -0.25) is 29.8 Å². The highest BCUT2D eigenvalue weighted by Gasteiger charge is 2.27. The van der Waals surface area contributed by atoms with Gasteiger partial charge >= 0.3 is 11.7 Å². The molecular formula is C20H21BrN6O8. The minimum Gasteiger partial charge on any atom is -0.495 e. The number of benzene rings is 1. The van der Waals surface area contributed by atoms with Gasteiger partial charge in [0.15, 0.2) is 5.70 Å². The number of azo groups is 1. The minimum absolute atomic E-state index is 0.0905. The van der Waals surface area contributed by atoms with E-state index in [4.69, 9.17) is 9.47 Å². The van der Waals surface area contributed by atoms with Crippen molar-refractivity contribution in [3.63, 3.8) is 0 Å². The molecule has 0 fully saturated rings. The van der Waals surface area contributed by atoms with Crippen LogP contribution in [0.25, 0.3) is 0 Å². The number of hydrogen-bond donors (Lipinski definition) is 2. The first kappa shape index (κ1) is 27.1. The average molecular weight is 553 g/mol. The zero-order valence-corrected chi connectivity index (χ0v) is 20.4. The van der Waals surface area contributed by atoms with Gasteiger partial charge in [-0.2, -0.15) is 0 Å². The molecule has 2 rings (SSSR count). The van der Waals surface area contributed by atoms with Crippen LogP contribution in [-0.4, -0.2) is 42.0 Å². The molecule has 0 aliphatic heterocycles. The first-order chi connectivity index (χ1) is 16.5. The number of carbonyl (C=O) groups excluding carboxylic acids is 2. The van der Waals surface area contributed by atoms with Crippen molar-refractivity contribution < 1.29 is 28.9 Å². The Balaban J connectivity index is 2.53. The van der Waals surface area contributed by atoms with Crippen LogP contribution in [0.15, 0.2) is 56.1 Å². The lowest BCUT2D eigenvalue weighted by Gasteiger charge is -2.15. The van der Waals surface area contributed by atoms with Gasteiger partial charge in [-0.15, -0.1) is 10.2 Å². The van der Waals surface area contributed by atoms with E-state index in [0.29, 0.717) is 11.4 Å². The third kappa shape index (κ3) is 7.70. The number of rotatable bonds is 10. The molecule has 1 aliphatic rings. The lowest BCUT2D eigenvalue weighted by atomic mass is 10.2. The second-order valence-electron chi connectivity index (χ2n) is 6.86. The highest BCUT2D eigenvalue weighted by atomic mass is 79.9. The number of methoxy groups -OCH3 is 1. The molecule has 15 heteroatoms. The number of nitro groups is 2. The number of hydrogen-bond acceptors (Lipinski definition) is 11. The zero-order chi connectivity index (χ0) is 26.1. The van der Waals surface area contributed by atoms with Gasteiger partial charge in [0.2, 0.25) is 5.91 Å². The predicted octanol–water partition coefficient (Wildman–Crippen LogP) is 4.04. The minimum atomic E-state index is -0.802. The van der Waals surface area contributed by atoms with Gasteiger partial charge in [0.05, 0.1) is 40.8 Å². The molecule has 1 aromatic carbocycles. The molecule has 14 nitrogen and oxygen atoms in total. The Morgan fingerprint density at radius 3 is 2.43 bits per heavy atom. The number of ether oxygens (including phenoxy) is 2. The number of anilines is 2. The van der Waals surface area contributed by atoms with Crippen molar-refractivity contribution in [2.24, 2.45) is 10.2 Å². The van der Waals surface area contributed by atoms with Crippen molar-refractivity contribution in [1.29, 1.82) is 0 Å². The third-order valence-electron chi connectivity index (χ3n) is 4.30. The zero-order valence-electron chi connectivity index (χ0n) is 18.9. The summed E-state index contributed by atoms with van der Waals surface area (Å²) in [7, 11) is 1.40. The maximum atomic E-state index is 11.7. The van der Waals surface area contributed by atoms with Crippen LogP contribution in [0.3, 0.4) is 0 Å². The monoisotopic (exact) mass is 552 g/mol. The highest BCUT2D eigenvalue weighted by molar-refractivity contribution is 9.12. The fraction of sp³-hybridized carbons (Fsp3) is 0.300. The maximum Gasteiger partial charge on any atom is 0.304 e. The van der Waals surface area contributed by atoms with Crippen LogP contribution in [0.4, 0.5) is 17.1 Å². The molecule has 186 valence electrons. The number of nitrogens with zero attached hydrogens (tertiary/aromatic N) is 4. The number of halogens is 1. The fourth-order valence-electron chi connectivity index (χ4n) is 2.80. The number of amides is 1. The molecule has 0 saturated carbocycles. The normalized spacial score (nSPS) is 13.5. The van der Waals surface area contributed by atoms with Crippen LogP contribution in [0.2, 0.25) is 0 Å². The van der Waals surface area contributed by atoms with Crippen molar-refractivity contribution >= 4 is 44.9 Å². The molecule has 0 unspecified atom stereocenters. The topological polar surface area (TPSA) is 188 Å². The lowest BCUT2D eigenvalue weighted by molar-refractivity contribution is -0.435. The standard InChI is InChI=1S/C20H21BrN6O8/c1-11(28)23-15-9-17(22-6-7-35-12(2)29)19(34-3)10-16(15)24-25-20-14(21)5-4-13(26(30)31)8-18(20)27(32)33/h5,8-10,22H,4,6-7H2,1-3H3,(H,23,28). The van der Waals surface area contributed by atoms with Crippen LogP contribution in [0.1, 0.15) is 20.3 Å². The van der Waals surface area contributed by atoms with Gasteiger partial charge in [-0.1, -0.05) is 6.08 Å². The summed E-state index contributed by atoms with van der Waals surface area (Å²) in [4.78, 5) is 43.9. The summed E-state index contributed by atoms with van der Waals surface area (Å²) >= 11 is 3.16. The highest BCUT2D eigenvalue weighted by Crippen LogP contribution is 2.38. The molecule has 0 bridgehead atoms. The van der Waals surface area contributed by atoms with Gasteiger partial charge in [0, 0.05) is 30.9 Å². The molecule has 1 amide bonds. The van der Waals surface area contributed by atoms with E-state index in [1.54, 1.807) is 0 Å². The fourth-order valence-corrected chi connectivity index (χ4v) is 3.24. The lowest BCUT2D eigenvalue weighted by Crippen LogP contribution is -2.13. The summed E-state index contributed by atoms with van der Waals surface area (Å²) in [6.07, 6.45) is 2.03. The van der Waals surface area contributed by atoms with E-state index < -0.39 is 27.4 Å². The molecule has 35 heavy (non-hydrogen) atoms. The Bertz CT molecular complexity index is 1170. The molecule has 0 saturated heterocycles. The largest absolute Gasteiger partial charge is 0.495 e. The Hall–Kier alpha value is -4.14. The Morgan fingerprint density at radius 2 is 1.86 bits per heavy atom. The predicted molar refractivity (Wildman–Crippen MR) is 128 cm³/mol. The second-order valence-corrected chi connectivity index (χ2v) is 7.71. The Labute approximate surface area is 207 Å². The summed E-state index contributed by atoms with van der Waals surface area (Å²) in [5.74, 6) is -0.558. The molecule has 0 radical (unpaired) electrons. The molecular weight excluding hydrogens is 532 g/mol. The van der Waals surface area contributed by atoms with E-state index in [0.717, 1.165) is 6.08 Å². The van der Waals surface area contributed by atoms with Crippen LogP contribution in [0, 0.1) is 20.2 Å². The SMILES string of the molecule is COc1cc(N=NC2=C([N+](=O)[O-])C=C([N+](=O)[O-])CC=C2Br)c(NC(C)=O)cc1NCCOC(C)=O. The Morgan fingerprint density at radius 1 is 1.14 bits per heavy atom. The maximum absolute atomic E-state index is 11.7. The molecule has 0 heterocycles. The van der Waals surface area contributed by atoms with E-state index in [1.165, 1.54) is 39.2 Å². The van der Waals surface area contributed by atoms with E-state index in [2.05, 4.69) is 36.8 Å². The van der Waals surface area contributed by atoms with Crippen molar-refractivity contribution in [2.75, 3.05) is 30.9 Å². The number of esters is 1. The van der Waals surface area contributed by atoms with E-state index in [9.17, 15) is 29.8 Å². The quantitative estimate of drug-likeness (QED) is 0.142. The summed E-state index contributed by atoms with van der Waals surface area (Å²) in [5, 5.41) is 36.3. The molecule has 1 aliphatic carbocycles. The molecule has 0 spiro atoms. The van der Waals surface area contributed by atoms with E-state index >= 15 is 0 Å². The van der Waals surface area contributed by atoms with Gasteiger partial charge in [0.1, 0.15) is 18.0 Å². The van der Waals surface area contributed by atoms with Gasteiger partial charge in [0.25, 0.3) is 5.70 Å². The van der Waals surface area contributed by atoms with Gasteiger partial charge < -0.3 is 20.1 Å². The van der Waals surface area contributed by atoms with E-state index in [1.807, 2.05) is 0 Å². The Kier molecular flexibility index (Phi) is 9.57. The third-order valence-corrected chi connectivity index (χ3v) is 5.00. The average Bonchev–Trinajstić information content (AvgIpc) is 2.94. The molecule has 1 aromatic rings. The van der Waals surface area contributed by atoms with Crippen molar-refractivity contribution in [3.8, 4) is 5.75 Å². The number of nitrogens with one attached hydrogen (secondary N) is 2. The summed E-state index contributed by atoms with van der Waals surface area (Å²) in [5.41, 5.74) is -0.511. The van der Waals surface area contributed by atoms with E-state index in [-0.39, 0.29) is 46.8 Å². The van der Waals surface area contributed by atoms with Crippen LogP contribution in [0.5, 0.6) is 5.75 Å². The first-order valence-electron chi connectivity index (χ1n) is 9.91. The van der Waals surface area contributed by atoms with Crippen molar-refractivity contribution in [2.45, 2.75) is 20.3 Å². The summed E-state index contributed by atoms with van der Waals surface area (Å²) in [6.45, 7) is 2.90. The number of allylic oxidation sites excluding steroid dienone is 3. The molecule has 0 atom stereocenters. The van der Waals surface area contributed by atoms with Crippen molar-refractivity contribution in [3.05, 3.63) is 66.1 Å².